The lowest BCUT2D eigenvalue weighted by Gasteiger charge is -2.36. The summed E-state index contributed by atoms with van der Waals surface area (Å²) < 4.78 is 5.40. The van der Waals surface area contributed by atoms with Crippen LogP contribution in [-0.2, 0) is 11.2 Å². The van der Waals surface area contributed by atoms with Gasteiger partial charge in [-0.3, -0.25) is 0 Å². The molecule has 0 spiro atoms. The number of piperazine rings is 1. The van der Waals surface area contributed by atoms with Gasteiger partial charge >= 0.3 is 6.09 Å². The van der Waals surface area contributed by atoms with Gasteiger partial charge in [-0.25, -0.2) is 4.79 Å². The van der Waals surface area contributed by atoms with Gasteiger partial charge in [0.1, 0.15) is 5.60 Å². The largest absolute Gasteiger partial charge is 0.444 e. The van der Waals surface area contributed by atoms with E-state index in [1.807, 2.05) is 39.0 Å². The highest BCUT2D eigenvalue weighted by atomic mass is 32.1. The topological polar surface area (TPSA) is 32.8 Å². The summed E-state index contributed by atoms with van der Waals surface area (Å²) in [5.41, 5.74) is 0.777. The molecule has 4 nitrogen and oxygen atoms in total. The summed E-state index contributed by atoms with van der Waals surface area (Å²) in [4.78, 5) is 16.9. The Morgan fingerprint density at radius 1 is 1.09 bits per heavy atom. The van der Waals surface area contributed by atoms with Gasteiger partial charge in [-0.15, -0.1) is 0 Å². The molecule has 0 radical (unpaired) electrons. The van der Waals surface area contributed by atoms with E-state index in [4.69, 9.17) is 17.0 Å². The van der Waals surface area contributed by atoms with Crippen LogP contribution in [0.4, 0.5) is 4.79 Å². The lowest BCUT2D eigenvalue weighted by Crippen LogP contribution is -2.51. The quantitative estimate of drug-likeness (QED) is 0.784. The number of hydrogen-bond donors (Lipinski definition) is 0. The van der Waals surface area contributed by atoms with Crippen molar-refractivity contribution in [3.63, 3.8) is 0 Å². The third kappa shape index (κ3) is 4.98. The van der Waals surface area contributed by atoms with Gasteiger partial charge in [0.2, 0.25) is 0 Å². The summed E-state index contributed by atoms with van der Waals surface area (Å²) in [6.07, 6.45) is 0.545. The van der Waals surface area contributed by atoms with Gasteiger partial charge in [0.25, 0.3) is 0 Å². The molecule has 5 heteroatoms. The van der Waals surface area contributed by atoms with Gasteiger partial charge in [0.05, 0.1) is 4.99 Å². The molecule has 0 atom stereocenters. The van der Waals surface area contributed by atoms with Crippen molar-refractivity contribution in [2.24, 2.45) is 0 Å². The highest BCUT2D eigenvalue weighted by molar-refractivity contribution is 7.80. The molecule has 22 heavy (non-hydrogen) atoms. The first-order chi connectivity index (χ1) is 10.3. The summed E-state index contributed by atoms with van der Waals surface area (Å²) in [5.74, 6) is 0. The van der Waals surface area contributed by atoms with E-state index in [1.54, 1.807) is 4.90 Å². The molecule has 0 saturated carbocycles. The molecule has 2 rings (SSSR count). The maximum Gasteiger partial charge on any atom is 0.410 e. The Morgan fingerprint density at radius 3 is 2.18 bits per heavy atom. The molecule has 1 aromatic rings. The third-order valence-corrected chi connectivity index (χ3v) is 3.88. The number of amides is 1. The van der Waals surface area contributed by atoms with E-state index in [9.17, 15) is 4.79 Å². The zero-order valence-electron chi connectivity index (χ0n) is 13.5. The number of nitrogens with zero attached hydrogens (tertiary/aromatic N) is 2. The first kappa shape index (κ1) is 16.7. The minimum absolute atomic E-state index is 0.235. The minimum atomic E-state index is -0.448. The molecule has 1 heterocycles. The first-order valence-electron chi connectivity index (χ1n) is 7.65. The number of carbonyl (C=O) groups is 1. The van der Waals surface area contributed by atoms with Crippen LogP contribution in [0, 0.1) is 0 Å². The van der Waals surface area contributed by atoms with Crippen LogP contribution in [0.2, 0.25) is 0 Å². The van der Waals surface area contributed by atoms with Crippen molar-refractivity contribution in [2.75, 3.05) is 26.2 Å². The lowest BCUT2D eigenvalue weighted by molar-refractivity contribution is 0.0187. The second-order valence-corrected chi connectivity index (χ2v) is 6.98. The summed E-state index contributed by atoms with van der Waals surface area (Å²) in [7, 11) is 0. The average molecular weight is 320 g/mol. The molecule has 0 aromatic heterocycles. The first-order valence-corrected chi connectivity index (χ1v) is 8.05. The zero-order valence-corrected chi connectivity index (χ0v) is 14.4. The molecular formula is C17H24N2O2S. The van der Waals surface area contributed by atoms with Crippen molar-refractivity contribution in [2.45, 2.75) is 32.8 Å². The molecule has 1 aliphatic heterocycles. The van der Waals surface area contributed by atoms with Gasteiger partial charge in [-0.05, 0) is 26.3 Å². The predicted octanol–water partition coefficient (Wildman–Crippen LogP) is 3.11. The van der Waals surface area contributed by atoms with Gasteiger partial charge in [0.15, 0.2) is 0 Å². The molecule has 1 fully saturated rings. The molecule has 0 bridgehead atoms. The van der Waals surface area contributed by atoms with Crippen LogP contribution in [0.25, 0.3) is 0 Å². The fourth-order valence-corrected chi connectivity index (χ4v) is 2.70. The third-order valence-electron chi connectivity index (χ3n) is 3.48. The predicted molar refractivity (Wildman–Crippen MR) is 92.1 cm³/mol. The standard InChI is InChI=1S/C17H24N2O2S/c1-17(2,3)21-16(20)19-11-9-18(10-12-19)15(22)13-14-7-5-4-6-8-14/h4-8H,9-13H2,1-3H3. The second kappa shape index (κ2) is 7.09. The van der Waals surface area contributed by atoms with Crippen LogP contribution >= 0.6 is 12.2 Å². The Hall–Kier alpha value is -1.62. The Balaban J connectivity index is 1.82. The van der Waals surface area contributed by atoms with Crippen LogP contribution in [0.5, 0.6) is 0 Å². The van der Waals surface area contributed by atoms with Crippen molar-refractivity contribution < 1.29 is 9.53 Å². The summed E-state index contributed by atoms with van der Waals surface area (Å²) >= 11 is 5.54. The van der Waals surface area contributed by atoms with E-state index in [1.165, 1.54) is 5.56 Å². The van der Waals surface area contributed by atoms with Gasteiger partial charge < -0.3 is 14.5 Å². The number of carbonyl (C=O) groups excluding carboxylic acids is 1. The fourth-order valence-electron chi connectivity index (χ4n) is 2.35. The summed E-state index contributed by atoms with van der Waals surface area (Å²) in [6.45, 7) is 8.51. The van der Waals surface area contributed by atoms with Gasteiger partial charge in [-0.2, -0.15) is 0 Å². The van der Waals surface area contributed by atoms with E-state index < -0.39 is 5.60 Å². The molecule has 1 aliphatic rings. The van der Waals surface area contributed by atoms with Gasteiger partial charge in [-0.1, -0.05) is 42.5 Å². The minimum Gasteiger partial charge on any atom is -0.444 e. The van der Waals surface area contributed by atoms with Crippen LogP contribution < -0.4 is 0 Å². The zero-order chi connectivity index (χ0) is 16.2. The van der Waals surface area contributed by atoms with Crippen LogP contribution in [-0.4, -0.2) is 52.7 Å². The highest BCUT2D eigenvalue weighted by Crippen LogP contribution is 2.13. The van der Waals surface area contributed by atoms with Crippen LogP contribution in [0.15, 0.2) is 30.3 Å². The Kier molecular flexibility index (Phi) is 5.40. The normalized spacial score (nSPS) is 15.6. The molecule has 1 aromatic carbocycles. The highest BCUT2D eigenvalue weighted by Gasteiger charge is 2.26. The second-order valence-electron chi connectivity index (χ2n) is 6.51. The average Bonchev–Trinajstić information content (AvgIpc) is 2.46. The number of hydrogen-bond acceptors (Lipinski definition) is 3. The molecular weight excluding hydrogens is 296 g/mol. The molecule has 0 unspecified atom stereocenters. The van der Waals surface area contributed by atoms with E-state index in [2.05, 4.69) is 17.0 Å². The van der Waals surface area contributed by atoms with Gasteiger partial charge in [0, 0.05) is 32.6 Å². The molecule has 1 amide bonds. The smallest absolute Gasteiger partial charge is 0.410 e. The van der Waals surface area contributed by atoms with Crippen molar-refractivity contribution in [1.29, 1.82) is 0 Å². The van der Waals surface area contributed by atoms with Crippen molar-refractivity contribution in [3.05, 3.63) is 35.9 Å². The number of rotatable bonds is 2. The van der Waals surface area contributed by atoms with Crippen molar-refractivity contribution in [3.8, 4) is 0 Å². The van der Waals surface area contributed by atoms with E-state index in [0.29, 0.717) is 13.1 Å². The van der Waals surface area contributed by atoms with Crippen molar-refractivity contribution >= 4 is 23.3 Å². The Morgan fingerprint density at radius 2 is 1.64 bits per heavy atom. The van der Waals surface area contributed by atoms with Crippen LogP contribution in [0.1, 0.15) is 26.3 Å². The fraction of sp³-hybridized carbons (Fsp3) is 0.529. The number of benzene rings is 1. The maximum absolute atomic E-state index is 12.0. The van der Waals surface area contributed by atoms with E-state index in [-0.39, 0.29) is 6.09 Å². The molecule has 0 aliphatic carbocycles. The summed E-state index contributed by atoms with van der Waals surface area (Å²) in [6, 6.07) is 10.2. The lowest BCUT2D eigenvalue weighted by atomic mass is 10.1. The van der Waals surface area contributed by atoms with E-state index in [0.717, 1.165) is 24.5 Å². The number of thiocarbonyl (C=S) groups is 1. The van der Waals surface area contributed by atoms with E-state index >= 15 is 0 Å². The molecule has 0 N–H and O–H groups in total. The Labute approximate surface area is 138 Å². The Bertz CT molecular complexity index is 517. The SMILES string of the molecule is CC(C)(C)OC(=O)N1CCN(C(=S)Cc2ccccc2)CC1. The number of ether oxygens (including phenoxy) is 1. The summed E-state index contributed by atoms with van der Waals surface area (Å²) in [5, 5.41) is 0. The molecule has 1 saturated heterocycles. The maximum atomic E-state index is 12.0. The monoisotopic (exact) mass is 320 g/mol. The molecule has 120 valence electrons. The van der Waals surface area contributed by atoms with Crippen LogP contribution in [0.3, 0.4) is 0 Å². The van der Waals surface area contributed by atoms with Crippen molar-refractivity contribution in [1.82, 2.24) is 9.80 Å².